The number of hydrogen-bond donors (Lipinski definition) is 0. The molecule has 2 heterocycles. The normalized spacial score (nSPS) is 14.8. The number of benzene rings is 3. The number of nitrogens with zero attached hydrogens (tertiary/aromatic N) is 2. The first-order chi connectivity index (χ1) is 21.1. The van der Waals surface area contributed by atoms with Gasteiger partial charge >= 0.3 is 5.97 Å². The number of ether oxygens (including phenoxy) is 3. The molecule has 0 bridgehead atoms. The first-order valence-electron chi connectivity index (χ1n) is 13.9. The predicted octanol–water partition coefficient (Wildman–Crippen LogP) is 6.51. The molecule has 1 aliphatic heterocycles. The molecule has 7 nitrogen and oxygen atoms in total. The van der Waals surface area contributed by atoms with E-state index in [2.05, 4.69) is 50.2 Å². The molecule has 0 N–H and O–H groups in total. The lowest BCUT2D eigenvalue weighted by atomic mass is 9.95. The Balaban J connectivity index is 1.59. The molecule has 11 heteroatoms. The standard InChI is InChI=1S/C33H29FI2N2O5S/c1-5-41-32(40)28-19(4)37-33-38(29(28)23-11-6-7-12-26(23)43-18(2)3)31(39)27(44-33)16-21-14-24(35)30(25(36)15-21)42-17-20-9-8-10-22(34)13-20/h6-16,18,29H,5,17H2,1-4H3/b27-16+/t29-/m0/s1. The average molecular weight is 838 g/mol. The van der Waals surface area contributed by atoms with Crippen LogP contribution in [-0.2, 0) is 16.1 Å². The molecule has 5 rings (SSSR count). The lowest BCUT2D eigenvalue weighted by Gasteiger charge is -2.26. The van der Waals surface area contributed by atoms with Crippen LogP contribution >= 0.6 is 56.5 Å². The molecule has 228 valence electrons. The number of fused-ring (bicyclic) bond motifs is 1. The Bertz CT molecular complexity index is 1930. The van der Waals surface area contributed by atoms with Gasteiger partial charge in [-0.15, -0.1) is 0 Å². The van der Waals surface area contributed by atoms with E-state index < -0.39 is 12.0 Å². The van der Waals surface area contributed by atoms with Gasteiger partial charge in [0.05, 0.1) is 35.7 Å². The maximum Gasteiger partial charge on any atom is 0.338 e. The highest BCUT2D eigenvalue weighted by molar-refractivity contribution is 14.1. The third kappa shape index (κ3) is 6.94. The van der Waals surface area contributed by atoms with E-state index in [1.807, 2.05) is 62.4 Å². The van der Waals surface area contributed by atoms with Crippen LogP contribution in [0, 0.1) is 13.0 Å². The summed E-state index contributed by atoms with van der Waals surface area (Å²) in [6.07, 6.45) is 1.70. The Hall–Kier alpha value is -3.04. The first-order valence-corrected chi connectivity index (χ1v) is 16.9. The lowest BCUT2D eigenvalue weighted by molar-refractivity contribution is -0.139. The molecule has 0 amide bonds. The van der Waals surface area contributed by atoms with Gasteiger partial charge in [0, 0.05) is 5.56 Å². The van der Waals surface area contributed by atoms with Crippen LogP contribution in [0.5, 0.6) is 11.5 Å². The molecule has 1 atom stereocenters. The fourth-order valence-corrected chi connectivity index (χ4v) is 8.06. The maximum absolute atomic E-state index is 14.1. The number of rotatable bonds is 9. The van der Waals surface area contributed by atoms with E-state index in [0.29, 0.717) is 37.7 Å². The van der Waals surface area contributed by atoms with E-state index in [0.717, 1.165) is 18.3 Å². The second-order valence-electron chi connectivity index (χ2n) is 10.2. The zero-order valence-corrected chi connectivity index (χ0v) is 29.5. The number of thiazole rings is 1. The summed E-state index contributed by atoms with van der Waals surface area (Å²) in [5, 5.41) is 0. The van der Waals surface area contributed by atoms with Gasteiger partial charge in [0.1, 0.15) is 30.0 Å². The number of hydrogen-bond acceptors (Lipinski definition) is 7. The molecule has 1 aliphatic rings. The lowest BCUT2D eigenvalue weighted by Crippen LogP contribution is -2.40. The number of esters is 1. The molecule has 1 aromatic heterocycles. The smallest absolute Gasteiger partial charge is 0.338 e. The highest BCUT2D eigenvalue weighted by atomic mass is 127. The van der Waals surface area contributed by atoms with E-state index in [1.54, 1.807) is 24.5 Å². The van der Waals surface area contributed by atoms with Crippen molar-refractivity contribution in [1.82, 2.24) is 4.57 Å². The molecule has 4 aromatic rings. The minimum Gasteiger partial charge on any atom is -0.491 e. The molecule has 44 heavy (non-hydrogen) atoms. The zero-order chi connectivity index (χ0) is 31.5. The fourth-order valence-electron chi connectivity index (χ4n) is 4.89. The van der Waals surface area contributed by atoms with Crippen molar-refractivity contribution in [2.45, 2.75) is 46.4 Å². The van der Waals surface area contributed by atoms with Crippen LogP contribution in [0.25, 0.3) is 6.08 Å². The summed E-state index contributed by atoms with van der Waals surface area (Å²) in [5.74, 6) is 0.433. The number of halogens is 3. The van der Waals surface area contributed by atoms with Gasteiger partial charge in [0.2, 0.25) is 0 Å². The van der Waals surface area contributed by atoms with Crippen LogP contribution in [-0.4, -0.2) is 23.2 Å². The van der Waals surface area contributed by atoms with Crippen LogP contribution < -0.4 is 24.4 Å². The van der Waals surface area contributed by atoms with Crippen LogP contribution in [0.3, 0.4) is 0 Å². The van der Waals surface area contributed by atoms with E-state index in [9.17, 15) is 14.0 Å². The average Bonchev–Trinajstić information content (AvgIpc) is 3.26. The Kier molecular flexibility index (Phi) is 10.3. The van der Waals surface area contributed by atoms with E-state index in [-0.39, 0.29) is 30.7 Å². The van der Waals surface area contributed by atoms with Gasteiger partial charge < -0.3 is 14.2 Å². The van der Waals surface area contributed by atoms with E-state index in [4.69, 9.17) is 14.2 Å². The van der Waals surface area contributed by atoms with E-state index in [1.165, 1.54) is 23.5 Å². The maximum atomic E-state index is 14.1. The number of carbonyl (C=O) groups is 1. The minimum atomic E-state index is -0.777. The second kappa shape index (κ2) is 13.9. The van der Waals surface area contributed by atoms with Crippen molar-refractivity contribution in [1.29, 1.82) is 0 Å². The molecule has 0 radical (unpaired) electrons. The highest BCUT2D eigenvalue weighted by Crippen LogP contribution is 2.36. The summed E-state index contributed by atoms with van der Waals surface area (Å²) in [6, 6.07) is 16.8. The molecule has 0 saturated heterocycles. The van der Waals surface area contributed by atoms with Crippen molar-refractivity contribution in [2.24, 2.45) is 4.99 Å². The quantitative estimate of drug-likeness (QED) is 0.142. The summed E-state index contributed by atoms with van der Waals surface area (Å²) in [7, 11) is 0. The Labute approximate surface area is 285 Å². The van der Waals surface area contributed by atoms with Crippen molar-refractivity contribution < 1.29 is 23.4 Å². The monoisotopic (exact) mass is 838 g/mol. The summed E-state index contributed by atoms with van der Waals surface area (Å²) >= 11 is 5.66. The predicted molar refractivity (Wildman–Crippen MR) is 185 cm³/mol. The fraction of sp³-hybridized carbons (Fsp3) is 0.242. The van der Waals surface area contributed by atoms with Gasteiger partial charge in [-0.05, 0) is 120 Å². The molecule has 0 fully saturated rings. The molecular formula is C33H29FI2N2O5S. The van der Waals surface area contributed by atoms with Crippen LogP contribution in [0.2, 0.25) is 0 Å². The molecule has 0 aliphatic carbocycles. The van der Waals surface area contributed by atoms with Crippen molar-refractivity contribution in [3.8, 4) is 11.5 Å². The van der Waals surface area contributed by atoms with Crippen LogP contribution in [0.1, 0.15) is 50.4 Å². The van der Waals surface area contributed by atoms with Crippen LogP contribution in [0.4, 0.5) is 4.39 Å². The molecule has 3 aromatic carbocycles. The number of carbonyl (C=O) groups excluding carboxylic acids is 1. The largest absolute Gasteiger partial charge is 0.491 e. The number of allylic oxidation sites excluding steroid dienone is 1. The summed E-state index contributed by atoms with van der Waals surface area (Å²) in [5.41, 5.74) is 2.73. The summed E-state index contributed by atoms with van der Waals surface area (Å²) < 4.78 is 34.9. The van der Waals surface area contributed by atoms with Crippen molar-refractivity contribution in [3.05, 3.63) is 121 Å². The zero-order valence-electron chi connectivity index (χ0n) is 24.4. The highest BCUT2D eigenvalue weighted by Gasteiger charge is 2.35. The SMILES string of the molecule is CCOC(=O)C1=C(C)N=c2s/c(=C/c3cc(I)c(OCc4cccc(F)c4)c(I)c3)c(=O)n2[C@H]1c1ccccc1OC(C)C. The van der Waals surface area contributed by atoms with Gasteiger partial charge in [0.25, 0.3) is 5.56 Å². The minimum absolute atomic E-state index is 0.117. The van der Waals surface area contributed by atoms with E-state index >= 15 is 0 Å². The van der Waals surface area contributed by atoms with Crippen molar-refractivity contribution >= 4 is 68.6 Å². The molecule has 0 unspecified atom stereocenters. The Morgan fingerprint density at radius 3 is 2.52 bits per heavy atom. The molecule has 0 spiro atoms. The van der Waals surface area contributed by atoms with Crippen molar-refractivity contribution in [2.75, 3.05) is 6.61 Å². The summed E-state index contributed by atoms with van der Waals surface area (Å²) in [6.45, 7) is 7.78. The number of aromatic nitrogens is 1. The van der Waals surface area contributed by atoms with Gasteiger partial charge in [-0.2, -0.15) is 0 Å². The van der Waals surface area contributed by atoms with Gasteiger partial charge in [-0.1, -0.05) is 41.7 Å². The Morgan fingerprint density at radius 1 is 1.11 bits per heavy atom. The van der Waals surface area contributed by atoms with Gasteiger partial charge in [0.15, 0.2) is 4.80 Å². The molecular weight excluding hydrogens is 809 g/mol. The summed E-state index contributed by atoms with van der Waals surface area (Å²) in [4.78, 5) is 32.5. The first kappa shape index (κ1) is 32.4. The Morgan fingerprint density at radius 2 is 1.84 bits per heavy atom. The number of para-hydroxylation sites is 1. The van der Waals surface area contributed by atoms with Crippen molar-refractivity contribution in [3.63, 3.8) is 0 Å². The third-order valence-electron chi connectivity index (χ3n) is 6.68. The topological polar surface area (TPSA) is 79.1 Å². The molecule has 0 saturated carbocycles. The van der Waals surface area contributed by atoms with Gasteiger partial charge in [-0.3, -0.25) is 9.36 Å². The third-order valence-corrected chi connectivity index (χ3v) is 9.27. The van der Waals surface area contributed by atoms with Gasteiger partial charge in [-0.25, -0.2) is 14.2 Å². The van der Waals surface area contributed by atoms with Crippen LogP contribution in [0.15, 0.2) is 81.7 Å². The second-order valence-corrected chi connectivity index (χ2v) is 13.6.